The molecule has 1 saturated heterocycles. The van der Waals surface area contributed by atoms with E-state index < -0.39 is 11.6 Å². The number of carbonyl (C=O) groups excluding carboxylic acids is 3. The van der Waals surface area contributed by atoms with Gasteiger partial charge < -0.3 is 34.7 Å². The zero-order chi connectivity index (χ0) is 14.9. The van der Waals surface area contributed by atoms with E-state index in [0.717, 1.165) is 0 Å². The quantitative estimate of drug-likeness (QED) is 0.390. The van der Waals surface area contributed by atoms with Crippen molar-refractivity contribution in [2.24, 2.45) is 5.92 Å². The summed E-state index contributed by atoms with van der Waals surface area (Å²) >= 11 is 0. The van der Waals surface area contributed by atoms with Gasteiger partial charge >= 0.3 is 0 Å². The molecule has 0 spiro atoms. The van der Waals surface area contributed by atoms with Crippen molar-refractivity contribution in [2.45, 2.75) is 37.8 Å². The molecule has 2 atom stereocenters. The van der Waals surface area contributed by atoms with Gasteiger partial charge in [-0.25, -0.2) is 6.54 Å². The Bertz CT molecular complexity index is 456. The van der Waals surface area contributed by atoms with Gasteiger partial charge in [0.1, 0.15) is 0 Å². The van der Waals surface area contributed by atoms with E-state index in [1.54, 1.807) is 13.6 Å². The Labute approximate surface area is 226 Å². The first-order valence-electron chi connectivity index (χ1n) is 6.73. The number of Topliss-reactive ketones (excluding diaryl/α,β-unsaturated/α-hetero) is 1. The topological polar surface area (TPSA) is 78.5 Å². The van der Waals surface area contributed by atoms with Gasteiger partial charge in [-0.1, -0.05) is 6.42 Å². The second-order valence-corrected chi connectivity index (χ2v) is 5.47. The zero-order valence-electron chi connectivity index (χ0n) is 14.7. The summed E-state index contributed by atoms with van der Waals surface area (Å²) in [6, 6.07) is -0.591. The number of hydrogen-bond donors (Lipinski definition) is 2. The predicted molar refractivity (Wildman–Crippen MR) is 79.0 cm³/mol. The number of rotatable bonds is 5. The molecule has 1 saturated carbocycles. The summed E-state index contributed by atoms with van der Waals surface area (Å²) in [6.07, 6.45) is 1.83. The van der Waals surface area contributed by atoms with E-state index >= 15 is 0 Å². The minimum absolute atomic E-state index is 0. The molecule has 2 aliphatic rings. The minimum atomic E-state index is -0.697. The molecule has 2 fully saturated rings. The average molecular weight is 855 g/mol. The van der Waals surface area contributed by atoms with Crippen LogP contribution >= 0.6 is 0 Å². The van der Waals surface area contributed by atoms with Crippen LogP contribution in [0.25, 0.3) is 0 Å². The zero-order valence-corrected chi connectivity index (χ0v) is 26.1. The second-order valence-electron chi connectivity index (χ2n) is 5.47. The molecule has 2 radical (unpaired) electrons. The van der Waals surface area contributed by atoms with Crippen molar-refractivity contribution in [3.05, 3.63) is 27.4 Å². The summed E-state index contributed by atoms with van der Waals surface area (Å²) in [5.41, 5.74) is -0.697. The monoisotopic (exact) mass is 855 g/mol. The molecule has 1 heterocycles. The van der Waals surface area contributed by atoms with Crippen LogP contribution in [-0.4, -0.2) is 41.1 Å². The van der Waals surface area contributed by atoms with E-state index in [-0.39, 0.29) is 134 Å². The Balaban J connectivity index is -0.000000441. The van der Waals surface area contributed by atoms with Crippen LogP contribution in [0, 0.1) is 64.5 Å². The van der Waals surface area contributed by atoms with E-state index in [4.69, 9.17) is 0 Å². The molecule has 1 unspecified atom stereocenters. The van der Waals surface area contributed by atoms with Crippen molar-refractivity contribution in [2.75, 3.05) is 7.05 Å². The summed E-state index contributed by atoms with van der Waals surface area (Å²) in [5.74, 6) is -0.685. The molecule has 10 heteroatoms. The van der Waals surface area contributed by atoms with Crippen LogP contribution in [0.5, 0.6) is 0 Å². The molecule has 6 nitrogen and oxygen atoms in total. The molecule has 0 bridgehead atoms. The number of hydrogen-bond acceptors (Lipinski definition) is 4. The molecule has 2 amide bonds. The average Bonchev–Trinajstić information content (AvgIpc) is 3.04. The predicted octanol–water partition coefficient (Wildman–Crippen LogP) is 0.261. The van der Waals surface area contributed by atoms with Crippen LogP contribution in [0.3, 0.4) is 0 Å². The Morgan fingerprint density at radius 2 is 1.84 bits per heavy atom. The summed E-state index contributed by atoms with van der Waals surface area (Å²) in [5, 5.41) is 5.45. The number of likely N-dealkylation sites (N-methyl/N-ethyl adjacent to an activating group) is 1. The number of carbonyl (C=O) groups is 3. The molecule has 2 N–H and O–H groups in total. The van der Waals surface area contributed by atoms with Gasteiger partial charge in [-0.05, 0) is 26.8 Å². The molecule has 1 aliphatic carbocycles. The van der Waals surface area contributed by atoms with E-state index in [9.17, 15) is 14.4 Å². The van der Waals surface area contributed by atoms with Crippen molar-refractivity contribution in [3.63, 3.8) is 0 Å². The van der Waals surface area contributed by atoms with Crippen LogP contribution in [0.4, 0.5) is 0 Å². The Morgan fingerprint density at radius 1 is 1.32 bits per heavy atom. The van der Waals surface area contributed by atoms with Crippen molar-refractivity contribution < 1.29 is 118 Å². The number of ketones is 1. The summed E-state index contributed by atoms with van der Waals surface area (Å²) in [4.78, 5) is 37.2. The van der Waals surface area contributed by atoms with Gasteiger partial charge in [0, 0.05) is 103 Å². The van der Waals surface area contributed by atoms with E-state index in [1.807, 2.05) is 0 Å². The van der Waals surface area contributed by atoms with Gasteiger partial charge in [-0.2, -0.15) is 0 Å². The molecule has 2 rings (SSSR count). The van der Waals surface area contributed by atoms with Crippen LogP contribution in [0.15, 0.2) is 0 Å². The fourth-order valence-corrected chi connectivity index (χ4v) is 2.46. The molecule has 0 aromatic rings. The van der Waals surface area contributed by atoms with E-state index in [0.29, 0.717) is 19.3 Å². The Morgan fingerprint density at radius 3 is 2.24 bits per heavy atom. The fourth-order valence-electron chi connectivity index (χ4n) is 2.46. The van der Waals surface area contributed by atoms with Crippen molar-refractivity contribution in [3.8, 4) is 0 Å². The van der Waals surface area contributed by atoms with Crippen molar-refractivity contribution in [1.82, 2.24) is 15.5 Å². The SMILES string of the molecule is [CH2-]C1[CH-]N(C(=O)[CH-]NC)[C@H](C(=O)NC2(C(C)=O)CC2)C1.[CH3-].[U].[V].[W].[Y]. The molecular formula is C15H23N3O3UVWY-4. The van der Waals surface area contributed by atoms with E-state index in [1.165, 1.54) is 18.4 Å². The Kier molecular flexibility index (Phi) is 20.4. The molecule has 0 aromatic carbocycles. The van der Waals surface area contributed by atoms with Crippen LogP contribution in [-0.2, 0) is 86.7 Å². The number of nitrogens with zero attached hydrogens (tertiary/aromatic N) is 1. The number of nitrogens with one attached hydrogen (secondary N) is 2. The summed E-state index contributed by atoms with van der Waals surface area (Å²) < 4.78 is 0. The molecule has 138 valence electrons. The molecular weight excluding hydrogens is 832 g/mol. The molecule has 1 aliphatic heterocycles. The third-order valence-electron chi connectivity index (χ3n) is 3.84. The molecule has 0 aromatic heterocycles. The maximum absolute atomic E-state index is 12.3. The first-order valence-corrected chi connectivity index (χ1v) is 6.73. The number of amides is 2. The normalized spacial score (nSPS) is 21.6. The van der Waals surface area contributed by atoms with Crippen LogP contribution < -0.4 is 10.6 Å². The second kappa shape index (κ2) is 14.8. The fraction of sp³-hybridized carbons (Fsp3) is 0.533. The third kappa shape index (κ3) is 8.82. The van der Waals surface area contributed by atoms with Crippen LogP contribution in [0.2, 0.25) is 0 Å². The standard InChI is InChI=1S/C14H20N3O3.CH3.U.V.W.Y/c1-9-6-11(17(8-9)12(19)7-15-3)13(20)16-14(4-5-14)10(2)18;;;;;/h7-9,11,15H,1,4-6H2,2-3H3,(H,16,20);1H3;;;;/q-3;-1;;;;/t9?,11-;;;;;/m0...../s1. The number of likely N-dealkylation sites (tertiary alicyclic amines) is 1. The van der Waals surface area contributed by atoms with Gasteiger partial charge in [0.15, 0.2) is 5.78 Å². The van der Waals surface area contributed by atoms with Gasteiger partial charge in [0.2, 0.25) is 5.91 Å². The van der Waals surface area contributed by atoms with Crippen molar-refractivity contribution >= 4 is 17.6 Å². The van der Waals surface area contributed by atoms with Gasteiger partial charge in [0.25, 0.3) is 0 Å². The van der Waals surface area contributed by atoms with Gasteiger partial charge in [-0.15, -0.1) is 0 Å². The first-order chi connectivity index (χ1) is 9.39. The third-order valence-corrected chi connectivity index (χ3v) is 3.84. The maximum atomic E-state index is 12.3. The van der Waals surface area contributed by atoms with Crippen molar-refractivity contribution in [1.29, 1.82) is 0 Å². The first kappa shape index (κ1) is 34.4. The van der Waals surface area contributed by atoms with Gasteiger partial charge in [0.05, 0.1) is 17.5 Å². The largest absolute Gasteiger partial charge is 0.510 e. The van der Waals surface area contributed by atoms with Gasteiger partial charge in [-0.3, -0.25) is 22.1 Å². The van der Waals surface area contributed by atoms with Crippen LogP contribution in [0.1, 0.15) is 26.2 Å². The summed E-state index contributed by atoms with van der Waals surface area (Å²) in [6.45, 7) is 8.32. The van der Waals surface area contributed by atoms with E-state index in [2.05, 4.69) is 17.6 Å². The smallest absolute Gasteiger partial charge is 0.240 e. The Hall–Kier alpha value is 1.87. The minimum Gasteiger partial charge on any atom is -0.510 e. The molecule has 25 heavy (non-hydrogen) atoms. The summed E-state index contributed by atoms with van der Waals surface area (Å²) in [7, 11) is 1.62. The maximum Gasteiger partial charge on any atom is 0.240 e.